The van der Waals surface area contributed by atoms with Crippen molar-refractivity contribution in [3.63, 3.8) is 0 Å². The lowest BCUT2D eigenvalue weighted by atomic mass is 9.30. The van der Waals surface area contributed by atoms with E-state index in [1.165, 1.54) is 109 Å². The SMILES string of the molecule is c1ccc(-c2c3ccccc3c(-c3ccc(N(c4ccccc4)c4cc5c6c(c4)N(c4ccccc4)c4cc7c(cc4B6c4ccccc4N5c4ccc(-c5c6ccccc6c(-c6ccccc6)c6ccccc56)cc4)B4c5ccccc5N(c5ccccc5)c5cc(N(c6ccccc6)c6ccccc6)cc(c54)N7c4ccccc4)cc3)c3ccccc23)cc1. The minimum atomic E-state index is -0.266. The highest BCUT2D eigenvalue weighted by Gasteiger charge is 2.49. The highest BCUT2D eigenvalue weighted by molar-refractivity contribution is 7.03. The summed E-state index contributed by atoms with van der Waals surface area (Å²) in [6.45, 7) is -0.483. The minimum Gasteiger partial charge on any atom is -0.311 e. The molecule has 0 unspecified atom stereocenters. The third-order valence-corrected chi connectivity index (χ3v) is 26.5. The van der Waals surface area contributed by atoms with E-state index < -0.39 is 0 Å². The molecule has 0 amide bonds. The molecule has 0 N–H and O–H groups in total. The van der Waals surface area contributed by atoms with Crippen molar-refractivity contribution in [1.82, 2.24) is 0 Å². The molecule has 21 aromatic carbocycles. The molecular weight excluding hydrogens is 1520 g/mol. The lowest BCUT2D eigenvalue weighted by molar-refractivity contribution is 1.21. The summed E-state index contributed by atoms with van der Waals surface area (Å²) in [5.41, 5.74) is 36.4. The van der Waals surface area contributed by atoms with Crippen molar-refractivity contribution >= 4 is 192 Å². The zero-order valence-corrected chi connectivity index (χ0v) is 68.9. The molecule has 0 fully saturated rings. The maximum Gasteiger partial charge on any atom is 0.252 e. The van der Waals surface area contributed by atoms with Crippen molar-refractivity contribution < 1.29 is 0 Å². The molecule has 21 aromatic rings. The Labute approximate surface area is 733 Å². The van der Waals surface area contributed by atoms with Gasteiger partial charge in [-0.3, -0.25) is 0 Å². The fourth-order valence-corrected chi connectivity index (χ4v) is 21.3. The standard InChI is InChI=1S/C118H78B2N6/c1-9-37-79(38-10-1)113-93-53-25-29-57-97(93)115(98-58-30-26-54-94(98)113)81-65-69-89(70-66-81)122(85-45-17-5-18-46-85)92-74-110-118-112(76-92)126(88-51-23-8-24-52-88)108-78-107-103(77-104(108)120(118)102-62-34-36-64-106(102)124(110)90-71-67-82(68-72-90)116-99-59-31-27-55-95(99)114(80-39-11-2-12-40-80)96-56-28-32-60-100(96)116)119-101-61-33-35-63-105(101)123(86-47-19-6-20-48-86)109-73-91(75-111(117(109)119)125(107)87-49-21-7-22-50-87)121(83-41-13-3-14-42-83)84-43-15-4-16-44-84/h1-78H. The van der Waals surface area contributed by atoms with Crippen LogP contribution >= 0.6 is 0 Å². The number of nitrogens with zero attached hydrogens (tertiary/aromatic N) is 6. The van der Waals surface area contributed by atoms with Gasteiger partial charge in [0.1, 0.15) is 0 Å². The third-order valence-electron chi connectivity index (χ3n) is 26.5. The molecule has 586 valence electrons. The van der Waals surface area contributed by atoms with E-state index in [0.717, 1.165) is 113 Å². The number of anilines is 18. The largest absolute Gasteiger partial charge is 0.311 e. The maximum atomic E-state index is 2.65. The first-order chi connectivity index (χ1) is 62.6. The summed E-state index contributed by atoms with van der Waals surface area (Å²) in [6.07, 6.45) is 0. The number of hydrogen-bond acceptors (Lipinski definition) is 6. The summed E-state index contributed by atoms with van der Waals surface area (Å²) >= 11 is 0. The van der Waals surface area contributed by atoms with Gasteiger partial charge in [-0.25, -0.2) is 0 Å². The van der Waals surface area contributed by atoms with Crippen LogP contribution in [0.25, 0.3) is 87.6 Å². The predicted molar refractivity (Wildman–Crippen MR) is 536 cm³/mol. The van der Waals surface area contributed by atoms with Crippen LogP contribution in [0.1, 0.15) is 0 Å². The monoisotopic (exact) mass is 1600 g/mol. The average Bonchev–Trinajstić information content (AvgIpc) is 0.680. The summed E-state index contributed by atoms with van der Waals surface area (Å²) in [6, 6.07) is 176. The molecule has 6 nitrogen and oxygen atoms in total. The van der Waals surface area contributed by atoms with Gasteiger partial charge in [-0.1, -0.05) is 334 Å². The molecule has 4 heterocycles. The summed E-state index contributed by atoms with van der Waals surface area (Å²) < 4.78 is 0. The van der Waals surface area contributed by atoms with Crippen molar-refractivity contribution in [3.8, 4) is 44.5 Å². The molecule has 0 aromatic heterocycles. The van der Waals surface area contributed by atoms with Gasteiger partial charge in [-0.05, 0) is 260 Å². The van der Waals surface area contributed by atoms with Gasteiger partial charge in [-0.2, -0.15) is 0 Å². The van der Waals surface area contributed by atoms with Gasteiger partial charge in [0.05, 0.1) is 11.4 Å². The van der Waals surface area contributed by atoms with E-state index in [1.807, 2.05) is 0 Å². The lowest BCUT2D eigenvalue weighted by Gasteiger charge is -2.47. The third kappa shape index (κ3) is 11.5. The van der Waals surface area contributed by atoms with E-state index in [4.69, 9.17) is 0 Å². The number of fused-ring (bicyclic) bond motifs is 12. The zero-order valence-electron chi connectivity index (χ0n) is 68.9. The van der Waals surface area contributed by atoms with Gasteiger partial charge in [0, 0.05) is 91.0 Å². The fraction of sp³-hybridized carbons (Fsp3) is 0. The van der Waals surface area contributed by atoms with Crippen LogP contribution in [0.4, 0.5) is 102 Å². The smallest absolute Gasteiger partial charge is 0.252 e. The van der Waals surface area contributed by atoms with Crippen LogP contribution in [-0.2, 0) is 0 Å². The van der Waals surface area contributed by atoms with Gasteiger partial charge in [0.25, 0.3) is 13.4 Å². The Morgan fingerprint density at radius 1 is 0.151 bits per heavy atom. The molecule has 4 aliphatic heterocycles. The van der Waals surface area contributed by atoms with Gasteiger partial charge >= 0.3 is 0 Å². The molecule has 8 heteroatoms. The Bertz CT molecular complexity index is 7690. The van der Waals surface area contributed by atoms with E-state index in [2.05, 4.69) is 503 Å². The van der Waals surface area contributed by atoms with Crippen molar-refractivity contribution in [2.24, 2.45) is 0 Å². The first-order valence-corrected chi connectivity index (χ1v) is 43.6. The zero-order chi connectivity index (χ0) is 82.9. The highest BCUT2D eigenvalue weighted by Crippen LogP contribution is 2.55. The summed E-state index contributed by atoms with van der Waals surface area (Å²) in [4.78, 5) is 15.2. The number of rotatable bonds is 14. The van der Waals surface area contributed by atoms with Crippen molar-refractivity contribution in [2.75, 3.05) is 29.4 Å². The maximum absolute atomic E-state index is 2.65. The van der Waals surface area contributed by atoms with E-state index in [1.54, 1.807) is 0 Å². The van der Waals surface area contributed by atoms with Gasteiger partial charge in [-0.15, -0.1) is 0 Å². The van der Waals surface area contributed by atoms with Gasteiger partial charge in [0.15, 0.2) is 0 Å². The van der Waals surface area contributed by atoms with Crippen LogP contribution in [0.5, 0.6) is 0 Å². The summed E-state index contributed by atoms with van der Waals surface area (Å²) in [7, 11) is 0. The molecule has 0 spiro atoms. The molecule has 0 saturated carbocycles. The average molecular weight is 1600 g/mol. The molecule has 0 radical (unpaired) electrons. The Balaban J connectivity index is 0.747. The number of para-hydroxylation sites is 8. The van der Waals surface area contributed by atoms with Crippen LogP contribution in [0, 0.1) is 0 Å². The van der Waals surface area contributed by atoms with E-state index in [9.17, 15) is 0 Å². The van der Waals surface area contributed by atoms with Crippen molar-refractivity contribution in [2.45, 2.75) is 0 Å². The quantitative estimate of drug-likeness (QED) is 0.0793. The second-order valence-corrected chi connectivity index (χ2v) is 33.3. The van der Waals surface area contributed by atoms with E-state index in [0.29, 0.717) is 0 Å². The fourth-order valence-electron chi connectivity index (χ4n) is 21.3. The summed E-state index contributed by atoms with van der Waals surface area (Å²) in [5, 5.41) is 9.77. The first-order valence-electron chi connectivity index (χ1n) is 43.6. The highest BCUT2D eigenvalue weighted by atomic mass is 15.2. The van der Waals surface area contributed by atoms with Crippen LogP contribution in [0.15, 0.2) is 473 Å². The number of hydrogen-bond donors (Lipinski definition) is 0. The second-order valence-electron chi connectivity index (χ2n) is 33.3. The molecule has 126 heavy (non-hydrogen) atoms. The van der Waals surface area contributed by atoms with Crippen LogP contribution < -0.4 is 62.2 Å². The molecule has 4 aliphatic rings. The molecule has 0 saturated heterocycles. The van der Waals surface area contributed by atoms with Crippen LogP contribution in [0.2, 0.25) is 0 Å². The Morgan fingerprint density at radius 3 is 0.690 bits per heavy atom. The minimum absolute atomic E-state index is 0.217. The second kappa shape index (κ2) is 29.7. The van der Waals surface area contributed by atoms with Crippen LogP contribution in [-0.4, -0.2) is 13.4 Å². The first kappa shape index (κ1) is 72.4. The molecule has 0 atom stereocenters. The van der Waals surface area contributed by atoms with Crippen molar-refractivity contribution in [1.29, 1.82) is 0 Å². The molecule has 0 bridgehead atoms. The Kier molecular flexibility index (Phi) is 17.1. The van der Waals surface area contributed by atoms with Gasteiger partial charge < -0.3 is 29.4 Å². The predicted octanol–water partition coefficient (Wildman–Crippen LogP) is 28.1. The lowest BCUT2D eigenvalue weighted by Crippen LogP contribution is -2.65. The van der Waals surface area contributed by atoms with E-state index >= 15 is 0 Å². The Morgan fingerprint density at radius 2 is 0.381 bits per heavy atom. The van der Waals surface area contributed by atoms with Crippen LogP contribution in [0.3, 0.4) is 0 Å². The van der Waals surface area contributed by atoms with Crippen molar-refractivity contribution in [3.05, 3.63) is 473 Å². The van der Waals surface area contributed by atoms with Gasteiger partial charge in [0.2, 0.25) is 0 Å². The number of benzene rings is 21. The Hall–Kier alpha value is -16.4. The van der Waals surface area contributed by atoms with E-state index in [-0.39, 0.29) is 13.4 Å². The normalized spacial score (nSPS) is 12.7. The molecule has 0 aliphatic carbocycles. The molecular formula is C118H78B2N6. The molecule has 25 rings (SSSR count). The summed E-state index contributed by atoms with van der Waals surface area (Å²) in [5.74, 6) is 0. The topological polar surface area (TPSA) is 19.4 Å².